The fourth-order valence-corrected chi connectivity index (χ4v) is 2.21. The summed E-state index contributed by atoms with van der Waals surface area (Å²) in [6.07, 6.45) is 1.88. The molecule has 2 rings (SSSR count). The number of carbonyl (C=O) groups is 2. The largest absolute Gasteiger partial charge is 0.494 e. The first-order chi connectivity index (χ1) is 10.0. The Kier molecular flexibility index (Phi) is 4.77. The normalized spacial score (nSPS) is 15.3. The number of amides is 1. The summed E-state index contributed by atoms with van der Waals surface area (Å²) >= 11 is 0. The predicted molar refractivity (Wildman–Crippen MR) is 73.6 cm³/mol. The number of halogens is 1. The number of carboxylic acids is 1. The molecular formula is C15H18FNO4. The minimum absolute atomic E-state index is 0.0278. The van der Waals surface area contributed by atoms with Gasteiger partial charge in [0, 0.05) is 6.42 Å². The zero-order valence-corrected chi connectivity index (χ0v) is 11.8. The van der Waals surface area contributed by atoms with E-state index in [-0.39, 0.29) is 30.4 Å². The summed E-state index contributed by atoms with van der Waals surface area (Å²) in [6.45, 7) is 0. The average Bonchev–Trinajstić information content (AvgIpc) is 3.27. The average molecular weight is 295 g/mol. The standard InChI is InChI=1S/C15H18FNO4/c1-21-11-4-2-3-9(13(11)16)7-8-12(18)17-14(15(19)20)10-5-6-10/h2-4,10,14H,5-8H2,1H3,(H,17,18)(H,19,20). The SMILES string of the molecule is COc1cccc(CCC(=O)NC(C(=O)O)C2CC2)c1F. The Labute approximate surface area is 122 Å². The van der Waals surface area contributed by atoms with Crippen LogP contribution in [0.4, 0.5) is 4.39 Å². The Bertz CT molecular complexity index is 542. The Morgan fingerprint density at radius 3 is 2.76 bits per heavy atom. The molecule has 2 N–H and O–H groups in total. The summed E-state index contributed by atoms with van der Waals surface area (Å²) in [7, 11) is 1.38. The van der Waals surface area contributed by atoms with Gasteiger partial charge in [-0.1, -0.05) is 12.1 Å². The zero-order valence-electron chi connectivity index (χ0n) is 11.8. The van der Waals surface area contributed by atoms with Crippen molar-refractivity contribution in [3.05, 3.63) is 29.6 Å². The zero-order chi connectivity index (χ0) is 15.4. The number of nitrogens with one attached hydrogen (secondary N) is 1. The van der Waals surface area contributed by atoms with Crippen molar-refractivity contribution in [1.82, 2.24) is 5.32 Å². The first-order valence-electron chi connectivity index (χ1n) is 6.86. The molecule has 1 amide bonds. The maximum atomic E-state index is 13.9. The van der Waals surface area contributed by atoms with Gasteiger partial charge in [-0.2, -0.15) is 0 Å². The molecule has 21 heavy (non-hydrogen) atoms. The molecule has 0 aliphatic heterocycles. The number of hydrogen-bond acceptors (Lipinski definition) is 3. The van der Waals surface area contributed by atoms with Crippen molar-refractivity contribution in [2.75, 3.05) is 7.11 Å². The lowest BCUT2D eigenvalue weighted by molar-refractivity contribution is -0.142. The summed E-state index contributed by atoms with van der Waals surface area (Å²) in [4.78, 5) is 22.8. The highest BCUT2D eigenvalue weighted by atomic mass is 19.1. The minimum Gasteiger partial charge on any atom is -0.494 e. The van der Waals surface area contributed by atoms with Crippen molar-refractivity contribution in [3.8, 4) is 5.75 Å². The predicted octanol–water partition coefficient (Wildman–Crippen LogP) is 1.75. The second-order valence-electron chi connectivity index (χ2n) is 5.15. The molecule has 114 valence electrons. The van der Waals surface area contributed by atoms with Crippen LogP contribution >= 0.6 is 0 Å². The topological polar surface area (TPSA) is 75.6 Å². The summed E-state index contributed by atoms with van der Waals surface area (Å²) in [5.41, 5.74) is 0.378. The van der Waals surface area contributed by atoms with Gasteiger partial charge in [-0.3, -0.25) is 4.79 Å². The third-order valence-electron chi connectivity index (χ3n) is 3.56. The molecular weight excluding hydrogens is 277 g/mol. The molecule has 1 aliphatic carbocycles. The quantitative estimate of drug-likeness (QED) is 0.803. The number of rotatable bonds is 7. The van der Waals surface area contributed by atoms with Gasteiger partial charge in [0.1, 0.15) is 6.04 Å². The van der Waals surface area contributed by atoms with Crippen molar-refractivity contribution in [1.29, 1.82) is 0 Å². The molecule has 1 aromatic carbocycles. The molecule has 0 aromatic heterocycles. The number of ether oxygens (including phenoxy) is 1. The van der Waals surface area contributed by atoms with Gasteiger partial charge in [-0.15, -0.1) is 0 Å². The molecule has 0 heterocycles. The highest BCUT2D eigenvalue weighted by Gasteiger charge is 2.37. The summed E-state index contributed by atoms with van der Waals surface area (Å²) in [5.74, 6) is -1.71. The van der Waals surface area contributed by atoms with E-state index in [2.05, 4.69) is 5.32 Å². The van der Waals surface area contributed by atoms with Gasteiger partial charge in [0.25, 0.3) is 0 Å². The molecule has 5 nitrogen and oxygen atoms in total. The Morgan fingerprint density at radius 2 is 2.19 bits per heavy atom. The Hall–Kier alpha value is -2.11. The third kappa shape index (κ3) is 3.93. The van der Waals surface area contributed by atoms with Crippen LogP contribution in [0.5, 0.6) is 5.75 Å². The number of hydrogen-bond donors (Lipinski definition) is 2. The fourth-order valence-electron chi connectivity index (χ4n) is 2.21. The molecule has 1 saturated carbocycles. The molecule has 1 unspecified atom stereocenters. The van der Waals surface area contributed by atoms with Crippen molar-refractivity contribution >= 4 is 11.9 Å². The van der Waals surface area contributed by atoms with Crippen LogP contribution in [0.15, 0.2) is 18.2 Å². The number of methoxy groups -OCH3 is 1. The van der Waals surface area contributed by atoms with Crippen LogP contribution in [0.2, 0.25) is 0 Å². The number of carbonyl (C=O) groups excluding carboxylic acids is 1. The summed E-state index contributed by atoms with van der Waals surface area (Å²) in [5, 5.41) is 11.5. The van der Waals surface area contributed by atoms with Gasteiger partial charge < -0.3 is 15.2 Å². The lowest BCUT2D eigenvalue weighted by atomic mass is 10.1. The second kappa shape index (κ2) is 6.56. The van der Waals surface area contributed by atoms with Crippen LogP contribution in [-0.2, 0) is 16.0 Å². The van der Waals surface area contributed by atoms with Crippen LogP contribution in [0.3, 0.4) is 0 Å². The first-order valence-corrected chi connectivity index (χ1v) is 6.86. The van der Waals surface area contributed by atoms with Crippen molar-refractivity contribution < 1.29 is 23.8 Å². The van der Waals surface area contributed by atoms with E-state index >= 15 is 0 Å². The highest BCUT2D eigenvalue weighted by molar-refractivity contribution is 5.84. The lowest BCUT2D eigenvalue weighted by Gasteiger charge is -2.13. The van der Waals surface area contributed by atoms with Crippen LogP contribution in [0, 0.1) is 11.7 Å². The summed E-state index contributed by atoms with van der Waals surface area (Å²) < 4.78 is 18.8. The number of aryl methyl sites for hydroxylation is 1. The molecule has 1 atom stereocenters. The van der Waals surface area contributed by atoms with Crippen molar-refractivity contribution in [2.24, 2.45) is 5.92 Å². The van der Waals surface area contributed by atoms with E-state index in [0.29, 0.717) is 5.56 Å². The van der Waals surface area contributed by atoms with Crippen LogP contribution in [0.1, 0.15) is 24.8 Å². The van der Waals surface area contributed by atoms with Gasteiger partial charge in [-0.25, -0.2) is 9.18 Å². The maximum absolute atomic E-state index is 13.9. The summed E-state index contributed by atoms with van der Waals surface area (Å²) in [6, 6.07) is 3.92. The number of aliphatic carboxylic acids is 1. The smallest absolute Gasteiger partial charge is 0.326 e. The van der Waals surface area contributed by atoms with E-state index < -0.39 is 17.8 Å². The molecule has 1 fully saturated rings. The second-order valence-corrected chi connectivity index (χ2v) is 5.15. The van der Waals surface area contributed by atoms with E-state index in [4.69, 9.17) is 9.84 Å². The third-order valence-corrected chi connectivity index (χ3v) is 3.56. The van der Waals surface area contributed by atoms with Gasteiger partial charge in [0.15, 0.2) is 11.6 Å². The molecule has 0 spiro atoms. The van der Waals surface area contributed by atoms with E-state index in [9.17, 15) is 14.0 Å². The van der Waals surface area contributed by atoms with Crippen LogP contribution in [0.25, 0.3) is 0 Å². The van der Waals surface area contributed by atoms with E-state index in [1.54, 1.807) is 12.1 Å². The number of benzene rings is 1. The minimum atomic E-state index is -1.02. The Balaban J connectivity index is 1.90. The van der Waals surface area contributed by atoms with Crippen molar-refractivity contribution in [3.63, 3.8) is 0 Å². The monoisotopic (exact) mass is 295 g/mol. The van der Waals surface area contributed by atoms with Gasteiger partial charge in [-0.05, 0) is 36.8 Å². The van der Waals surface area contributed by atoms with Gasteiger partial charge in [0.05, 0.1) is 7.11 Å². The first kappa shape index (κ1) is 15.3. The van der Waals surface area contributed by atoms with E-state index in [0.717, 1.165) is 12.8 Å². The molecule has 6 heteroatoms. The molecule has 0 bridgehead atoms. The van der Waals surface area contributed by atoms with Crippen molar-refractivity contribution in [2.45, 2.75) is 31.7 Å². The maximum Gasteiger partial charge on any atom is 0.326 e. The molecule has 0 saturated heterocycles. The number of carboxylic acid groups (broad SMARTS) is 1. The van der Waals surface area contributed by atoms with E-state index in [1.165, 1.54) is 13.2 Å². The lowest BCUT2D eigenvalue weighted by Crippen LogP contribution is -2.42. The molecule has 1 aromatic rings. The Morgan fingerprint density at radius 1 is 1.48 bits per heavy atom. The van der Waals surface area contributed by atoms with Crippen LogP contribution in [-0.4, -0.2) is 30.1 Å². The van der Waals surface area contributed by atoms with Gasteiger partial charge >= 0.3 is 5.97 Å². The van der Waals surface area contributed by atoms with Gasteiger partial charge in [0.2, 0.25) is 5.91 Å². The fraction of sp³-hybridized carbons (Fsp3) is 0.467. The molecule has 0 radical (unpaired) electrons. The van der Waals surface area contributed by atoms with Crippen LogP contribution < -0.4 is 10.1 Å². The van der Waals surface area contributed by atoms with E-state index in [1.807, 2.05) is 0 Å². The molecule has 1 aliphatic rings. The highest BCUT2D eigenvalue weighted by Crippen LogP contribution is 2.32.